The van der Waals surface area contributed by atoms with E-state index in [-0.39, 0.29) is 5.78 Å². The monoisotopic (exact) mass is 473 g/mol. The van der Waals surface area contributed by atoms with Crippen LogP contribution in [0, 0.1) is 0 Å². The van der Waals surface area contributed by atoms with E-state index in [1.54, 1.807) is 7.11 Å². The zero-order chi connectivity index (χ0) is 24.5. The minimum atomic E-state index is 0.0751. The Morgan fingerprint density at radius 2 is 1.66 bits per heavy atom. The summed E-state index contributed by atoms with van der Waals surface area (Å²) >= 11 is 0. The van der Waals surface area contributed by atoms with Crippen LogP contribution < -0.4 is 9.47 Å². The van der Waals surface area contributed by atoms with Crippen molar-refractivity contribution in [3.8, 4) is 11.5 Å². The van der Waals surface area contributed by atoms with Crippen molar-refractivity contribution in [3.05, 3.63) is 71.3 Å². The predicted octanol–water partition coefficient (Wildman–Crippen LogP) is 7.07. The minimum Gasteiger partial charge on any atom is -0.497 e. The highest BCUT2D eigenvalue weighted by molar-refractivity contribution is 6.17. The van der Waals surface area contributed by atoms with Crippen LogP contribution in [0.3, 0.4) is 0 Å². The SMILES string of the molecule is CCCCCCc1ccc2cc(OC)ccc2c1C(=O)c1ccc(OCCN2CCCCC2)cc1. The van der Waals surface area contributed by atoms with E-state index in [9.17, 15) is 4.79 Å². The first-order valence-corrected chi connectivity index (χ1v) is 13.3. The Hall–Kier alpha value is -2.85. The molecule has 1 aliphatic heterocycles. The maximum absolute atomic E-state index is 13.8. The second-order valence-corrected chi connectivity index (χ2v) is 9.60. The van der Waals surface area contributed by atoms with Crippen molar-refractivity contribution in [3.63, 3.8) is 0 Å². The molecule has 1 saturated heterocycles. The molecule has 0 radical (unpaired) electrons. The zero-order valence-electron chi connectivity index (χ0n) is 21.4. The predicted molar refractivity (Wildman–Crippen MR) is 144 cm³/mol. The summed E-state index contributed by atoms with van der Waals surface area (Å²) < 4.78 is 11.4. The summed E-state index contributed by atoms with van der Waals surface area (Å²) in [5.74, 6) is 1.70. The number of piperidine rings is 1. The smallest absolute Gasteiger partial charge is 0.193 e. The third-order valence-electron chi connectivity index (χ3n) is 7.08. The number of methoxy groups -OCH3 is 1. The molecule has 186 valence electrons. The topological polar surface area (TPSA) is 38.8 Å². The van der Waals surface area contributed by atoms with E-state index in [2.05, 4.69) is 24.0 Å². The summed E-state index contributed by atoms with van der Waals surface area (Å²) in [6, 6.07) is 17.9. The van der Waals surface area contributed by atoms with Crippen LogP contribution >= 0.6 is 0 Å². The molecular weight excluding hydrogens is 434 g/mol. The van der Waals surface area contributed by atoms with Gasteiger partial charge in [-0.3, -0.25) is 9.69 Å². The van der Waals surface area contributed by atoms with E-state index in [0.29, 0.717) is 12.2 Å². The number of hydrogen-bond acceptors (Lipinski definition) is 4. The van der Waals surface area contributed by atoms with Crippen LogP contribution in [0.25, 0.3) is 10.8 Å². The van der Waals surface area contributed by atoms with E-state index in [0.717, 1.165) is 52.8 Å². The first-order valence-electron chi connectivity index (χ1n) is 13.3. The van der Waals surface area contributed by atoms with Gasteiger partial charge in [-0.15, -0.1) is 0 Å². The summed E-state index contributed by atoms with van der Waals surface area (Å²) in [5, 5.41) is 2.02. The molecule has 0 aromatic heterocycles. The molecule has 1 heterocycles. The van der Waals surface area contributed by atoms with E-state index < -0.39 is 0 Å². The summed E-state index contributed by atoms with van der Waals surface area (Å²) in [6.07, 6.45) is 9.56. The van der Waals surface area contributed by atoms with E-state index in [4.69, 9.17) is 9.47 Å². The van der Waals surface area contributed by atoms with Crippen molar-refractivity contribution in [1.29, 1.82) is 0 Å². The van der Waals surface area contributed by atoms with Gasteiger partial charge < -0.3 is 9.47 Å². The molecular formula is C31H39NO3. The van der Waals surface area contributed by atoms with Crippen molar-refractivity contribution in [2.45, 2.75) is 58.3 Å². The Morgan fingerprint density at radius 3 is 2.40 bits per heavy atom. The number of ketones is 1. The number of hydrogen-bond donors (Lipinski definition) is 0. The standard InChI is InChI=1S/C31H39NO3/c1-3-4-5-7-10-24-11-12-26-23-28(34-2)17-18-29(26)30(24)31(33)25-13-15-27(16-14-25)35-22-21-32-19-8-6-9-20-32/h11-18,23H,3-10,19-22H2,1-2H3. The summed E-state index contributed by atoms with van der Waals surface area (Å²) in [6.45, 7) is 6.21. The highest BCUT2D eigenvalue weighted by Gasteiger charge is 2.18. The highest BCUT2D eigenvalue weighted by atomic mass is 16.5. The molecule has 35 heavy (non-hydrogen) atoms. The summed E-state index contributed by atoms with van der Waals surface area (Å²) in [7, 11) is 1.67. The molecule has 0 atom stereocenters. The number of aryl methyl sites for hydroxylation is 1. The molecule has 0 unspecified atom stereocenters. The Balaban J connectivity index is 1.51. The molecule has 0 aliphatic carbocycles. The van der Waals surface area contributed by atoms with Gasteiger partial charge in [0.25, 0.3) is 0 Å². The van der Waals surface area contributed by atoms with Crippen LogP contribution in [-0.4, -0.2) is 44.0 Å². The molecule has 0 N–H and O–H groups in total. The Bertz CT molecular complexity index is 1100. The lowest BCUT2D eigenvalue weighted by Gasteiger charge is -2.26. The number of nitrogens with zero attached hydrogens (tertiary/aromatic N) is 1. The van der Waals surface area contributed by atoms with Gasteiger partial charge in [0.15, 0.2) is 5.78 Å². The number of fused-ring (bicyclic) bond motifs is 1. The molecule has 4 rings (SSSR count). The van der Waals surface area contributed by atoms with E-state index in [1.807, 2.05) is 42.5 Å². The zero-order valence-corrected chi connectivity index (χ0v) is 21.4. The van der Waals surface area contributed by atoms with Gasteiger partial charge in [-0.2, -0.15) is 0 Å². The maximum atomic E-state index is 13.8. The van der Waals surface area contributed by atoms with Gasteiger partial charge in [0.05, 0.1) is 7.11 Å². The largest absolute Gasteiger partial charge is 0.497 e. The second kappa shape index (κ2) is 12.7. The molecule has 0 amide bonds. The van der Waals surface area contributed by atoms with Crippen LogP contribution in [0.2, 0.25) is 0 Å². The first kappa shape index (κ1) is 25.2. The van der Waals surface area contributed by atoms with E-state index >= 15 is 0 Å². The van der Waals surface area contributed by atoms with Crippen molar-refractivity contribution < 1.29 is 14.3 Å². The van der Waals surface area contributed by atoms with Crippen LogP contribution in [0.4, 0.5) is 0 Å². The molecule has 1 fully saturated rings. The Kier molecular flexibility index (Phi) is 9.19. The van der Waals surface area contributed by atoms with Gasteiger partial charge in [0, 0.05) is 17.7 Å². The molecule has 0 spiro atoms. The van der Waals surface area contributed by atoms with Crippen LogP contribution in [-0.2, 0) is 6.42 Å². The fourth-order valence-electron chi connectivity index (χ4n) is 5.02. The third kappa shape index (κ3) is 6.64. The molecule has 0 saturated carbocycles. The van der Waals surface area contributed by atoms with Gasteiger partial charge >= 0.3 is 0 Å². The highest BCUT2D eigenvalue weighted by Crippen LogP contribution is 2.30. The van der Waals surface area contributed by atoms with Gasteiger partial charge in [-0.1, -0.05) is 44.7 Å². The Labute approximate surface area is 210 Å². The number of ether oxygens (including phenoxy) is 2. The summed E-state index contributed by atoms with van der Waals surface area (Å²) in [4.78, 5) is 16.2. The van der Waals surface area contributed by atoms with Crippen molar-refractivity contribution >= 4 is 16.6 Å². The van der Waals surface area contributed by atoms with Crippen LogP contribution in [0.1, 0.15) is 73.4 Å². The lowest BCUT2D eigenvalue weighted by Crippen LogP contribution is -2.33. The first-order chi connectivity index (χ1) is 17.2. The van der Waals surface area contributed by atoms with Gasteiger partial charge in [-0.25, -0.2) is 0 Å². The molecule has 1 aliphatic rings. The molecule has 3 aromatic carbocycles. The van der Waals surface area contributed by atoms with Crippen molar-refractivity contribution in [2.24, 2.45) is 0 Å². The summed E-state index contributed by atoms with van der Waals surface area (Å²) in [5.41, 5.74) is 2.65. The fraction of sp³-hybridized carbons (Fsp3) is 0.452. The quantitative estimate of drug-likeness (QED) is 0.208. The van der Waals surface area contributed by atoms with Crippen molar-refractivity contribution in [2.75, 3.05) is 33.4 Å². The Morgan fingerprint density at radius 1 is 0.886 bits per heavy atom. The van der Waals surface area contributed by atoms with Gasteiger partial charge in [-0.05, 0) is 97.6 Å². The average molecular weight is 474 g/mol. The lowest BCUT2D eigenvalue weighted by atomic mass is 9.90. The van der Waals surface area contributed by atoms with Crippen molar-refractivity contribution in [1.82, 2.24) is 4.90 Å². The number of rotatable bonds is 12. The van der Waals surface area contributed by atoms with Crippen LogP contribution in [0.15, 0.2) is 54.6 Å². The third-order valence-corrected chi connectivity index (χ3v) is 7.08. The van der Waals surface area contributed by atoms with Crippen LogP contribution in [0.5, 0.6) is 11.5 Å². The number of unbranched alkanes of at least 4 members (excludes halogenated alkanes) is 3. The number of likely N-dealkylation sites (tertiary alicyclic amines) is 1. The number of benzene rings is 3. The van der Waals surface area contributed by atoms with Gasteiger partial charge in [0.1, 0.15) is 18.1 Å². The molecule has 0 bridgehead atoms. The average Bonchev–Trinajstić information content (AvgIpc) is 2.91. The number of carbonyl (C=O) groups is 1. The molecule has 3 aromatic rings. The second-order valence-electron chi connectivity index (χ2n) is 9.60. The molecule has 4 nitrogen and oxygen atoms in total. The fourth-order valence-corrected chi connectivity index (χ4v) is 5.02. The number of carbonyl (C=O) groups excluding carboxylic acids is 1. The lowest BCUT2D eigenvalue weighted by molar-refractivity contribution is 0.103. The van der Waals surface area contributed by atoms with E-state index in [1.165, 1.54) is 51.6 Å². The maximum Gasteiger partial charge on any atom is 0.193 e. The van der Waals surface area contributed by atoms with Gasteiger partial charge in [0.2, 0.25) is 0 Å². The minimum absolute atomic E-state index is 0.0751. The molecule has 4 heteroatoms. The normalized spacial score (nSPS) is 14.2.